The number of carbonyl (C=O) groups excluding carboxylic acids is 1. The zero-order chi connectivity index (χ0) is 15.3. The fourth-order valence-electron chi connectivity index (χ4n) is 2.90. The third-order valence-electron chi connectivity index (χ3n) is 4.10. The van der Waals surface area contributed by atoms with Crippen LogP contribution in [0.1, 0.15) is 35.0 Å². The molecule has 0 fully saturated rings. The molecule has 1 aliphatic rings. The van der Waals surface area contributed by atoms with E-state index in [0.29, 0.717) is 29.5 Å². The first kappa shape index (κ1) is 13.1. The van der Waals surface area contributed by atoms with Gasteiger partial charge in [-0.2, -0.15) is 4.98 Å². The van der Waals surface area contributed by atoms with E-state index in [1.54, 1.807) is 10.7 Å². The summed E-state index contributed by atoms with van der Waals surface area (Å²) >= 11 is 0. The maximum Gasteiger partial charge on any atom is 0.252 e. The van der Waals surface area contributed by atoms with Gasteiger partial charge in [-0.05, 0) is 19.3 Å². The topological polar surface area (TPSA) is 60.1 Å². The molecule has 1 aromatic carbocycles. The minimum Gasteiger partial charge on any atom is -0.294 e. The van der Waals surface area contributed by atoms with E-state index in [4.69, 9.17) is 0 Å². The van der Waals surface area contributed by atoms with Crippen LogP contribution in [0.2, 0.25) is 0 Å². The van der Waals surface area contributed by atoms with Crippen LogP contribution >= 0.6 is 0 Å². The van der Waals surface area contributed by atoms with Crippen LogP contribution in [0.25, 0.3) is 17.2 Å². The highest BCUT2D eigenvalue weighted by Gasteiger charge is 2.25. The molecular weight excluding hydrogens is 276 g/mol. The molecule has 0 amide bonds. The highest BCUT2D eigenvalue weighted by Crippen LogP contribution is 2.25. The Morgan fingerprint density at radius 3 is 2.68 bits per heavy atom. The second-order valence-corrected chi connectivity index (χ2v) is 6.08. The molecule has 4 rings (SSSR count). The Balaban J connectivity index is 1.84. The van der Waals surface area contributed by atoms with Gasteiger partial charge in [-0.3, -0.25) is 4.79 Å². The van der Waals surface area contributed by atoms with E-state index < -0.39 is 0 Å². The number of aromatic nitrogens is 4. The number of nitrogens with zero attached hydrogens (tertiary/aromatic N) is 4. The van der Waals surface area contributed by atoms with E-state index in [9.17, 15) is 4.79 Å². The highest BCUT2D eigenvalue weighted by molar-refractivity contribution is 5.98. The lowest BCUT2D eigenvalue weighted by Gasteiger charge is -2.18. The summed E-state index contributed by atoms with van der Waals surface area (Å²) in [5.74, 6) is 1.68. The summed E-state index contributed by atoms with van der Waals surface area (Å²) in [4.78, 5) is 21.2. The number of hydrogen-bond acceptors (Lipinski definition) is 4. The summed E-state index contributed by atoms with van der Waals surface area (Å²) in [6, 6.07) is 8.06. The molecule has 0 N–H and O–H groups in total. The van der Waals surface area contributed by atoms with Crippen LogP contribution in [0.3, 0.4) is 0 Å². The second-order valence-electron chi connectivity index (χ2n) is 6.08. The van der Waals surface area contributed by atoms with Gasteiger partial charge in [0.15, 0.2) is 11.6 Å². The van der Waals surface area contributed by atoms with Gasteiger partial charge in [0.25, 0.3) is 5.78 Å². The van der Waals surface area contributed by atoms with E-state index in [0.717, 1.165) is 17.7 Å². The summed E-state index contributed by atoms with van der Waals surface area (Å²) in [6.07, 6.45) is 3.18. The van der Waals surface area contributed by atoms with Crippen LogP contribution in [0.5, 0.6) is 0 Å². The minimum atomic E-state index is 0.149. The maximum absolute atomic E-state index is 12.2. The van der Waals surface area contributed by atoms with Crippen LogP contribution in [-0.2, 0) is 6.42 Å². The summed E-state index contributed by atoms with van der Waals surface area (Å²) in [5, 5.41) is 4.47. The smallest absolute Gasteiger partial charge is 0.252 e. The fraction of sp³-hybridized carbons (Fsp3) is 0.294. The van der Waals surface area contributed by atoms with E-state index in [1.165, 1.54) is 5.56 Å². The maximum atomic E-state index is 12.2. The predicted octanol–water partition coefficient (Wildman–Crippen LogP) is 2.86. The molecule has 2 heterocycles. The number of hydrogen-bond donors (Lipinski definition) is 0. The average Bonchev–Trinajstić information content (AvgIpc) is 2.89. The largest absolute Gasteiger partial charge is 0.294 e. The number of Topliss-reactive ketones (excluding diaryl/α,β-unsaturated/α-hetero) is 1. The van der Waals surface area contributed by atoms with Crippen molar-refractivity contribution in [2.75, 3.05) is 0 Å². The Bertz CT molecular complexity index is 880. The molecule has 110 valence electrons. The highest BCUT2D eigenvalue weighted by atomic mass is 16.1. The third kappa shape index (κ3) is 2.09. The van der Waals surface area contributed by atoms with Crippen molar-refractivity contribution in [1.82, 2.24) is 19.6 Å². The van der Waals surface area contributed by atoms with Crippen LogP contribution < -0.4 is 0 Å². The monoisotopic (exact) mass is 292 g/mol. The Hall–Kier alpha value is -2.56. The number of rotatable bonds is 1. The van der Waals surface area contributed by atoms with E-state index in [2.05, 4.69) is 22.0 Å². The van der Waals surface area contributed by atoms with Gasteiger partial charge in [-0.15, -0.1) is 5.10 Å². The molecule has 0 radical (unpaired) electrons. The third-order valence-corrected chi connectivity index (χ3v) is 4.10. The summed E-state index contributed by atoms with van der Waals surface area (Å²) in [5.41, 5.74) is 3.68. The number of carbonyl (C=O) groups is 1. The molecule has 1 aliphatic carbocycles. The van der Waals surface area contributed by atoms with Crippen LogP contribution in [-0.4, -0.2) is 25.4 Å². The molecule has 0 saturated carbocycles. The molecule has 3 aromatic rings. The van der Waals surface area contributed by atoms with Gasteiger partial charge in [0.1, 0.15) is 0 Å². The van der Waals surface area contributed by atoms with E-state index in [-0.39, 0.29) is 5.78 Å². The van der Waals surface area contributed by atoms with Crippen molar-refractivity contribution in [2.24, 2.45) is 5.92 Å². The predicted molar refractivity (Wildman–Crippen MR) is 82.8 cm³/mol. The Labute approximate surface area is 128 Å². The zero-order valence-electron chi connectivity index (χ0n) is 12.6. The molecule has 0 aliphatic heterocycles. The van der Waals surface area contributed by atoms with Gasteiger partial charge >= 0.3 is 0 Å². The molecular formula is C17H16N4O. The lowest BCUT2D eigenvalue weighted by atomic mass is 9.88. The van der Waals surface area contributed by atoms with Crippen molar-refractivity contribution < 1.29 is 4.79 Å². The van der Waals surface area contributed by atoms with Gasteiger partial charge < -0.3 is 0 Å². The molecule has 2 aromatic heterocycles. The standard InChI is InChI=1S/C17H16N4O/c1-10-3-5-12(6-4-10)16-19-17-18-14-7-11(2)8-15(22)13(14)9-21(17)20-16/h3-6,9,11H,7-8H2,1-2H3. The van der Waals surface area contributed by atoms with Gasteiger partial charge in [0, 0.05) is 18.2 Å². The van der Waals surface area contributed by atoms with Crippen LogP contribution in [0.4, 0.5) is 0 Å². The quantitative estimate of drug-likeness (QED) is 0.692. The molecule has 0 saturated heterocycles. The number of fused-ring (bicyclic) bond motifs is 2. The minimum absolute atomic E-state index is 0.149. The zero-order valence-corrected chi connectivity index (χ0v) is 12.6. The van der Waals surface area contributed by atoms with Crippen molar-refractivity contribution >= 4 is 11.6 Å². The first-order valence-electron chi connectivity index (χ1n) is 7.46. The van der Waals surface area contributed by atoms with Gasteiger partial charge in [0.05, 0.1) is 11.3 Å². The molecule has 5 heteroatoms. The number of benzene rings is 1. The van der Waals surface area contributed by atoms with E-state index >= 15 is 0 Å². The van der Waals surface area contributed by atoms with Crippen molar-refractivity contribution in [3.63, 3.8) is 0 Å². The lowest BCUT2D eigenvalue weighted by Crippen LogP contribution is -2.20. The second kappa shape index (κ2) is 4.73. The molecule has 22 heavy (non-hydrogen) atoms. The molecule has 1 atom stereocenters. The average molecular weight is 292 g/mol. The number of aryl methyl sites for hydroxylation is 1. The van der Waals surface area contributed by atoms with E-state index in [1.807, 2.05) is 31.2 Å². The van der Waals surface area contributed by atoms with Gasteiger partial charge in [0.2, 0.25) is 0 Å². The first-order valence-corrected chi connectivity index (χ1v) is 7.46. The molecule has 0 bridgehead atoms. The SMILES string of the molecule is Cc1ccc(-c2nc3nc4c(cn3n2)C(=O)CC(C)C4)cc1. The van der Waals surface area contributed by atoms with Crippen molar-refractivity contribution in [1.29, 1.82) is 0 Å². The fourth-order valence-corrected chi connectivity index (χ4v) is 2.90. The Kier molecular flexibility index (Phi) is 2.82. The molecule has 1 unspecified atom stereocenters. The normalized spacial score (nSPS) is 17.7. The summed E-state index contributed by atoms with van der Waals surface area (Å²) in [6.45, 7) is 4.12. The lowest BCUT2D eigenvalue weighted by molar-refractivity contribution is 0.0951. The Morgan fingerprint density at radius 1 is 1.14 bits per heavy atom. The first-order chi connectivity index (χ1) is 10.6. The van der Waals surface area contributed by atoms with Crippen LogP contribution in [0, 0.1) is 12.8 Å². The van der Waals surface area contributed by atoms with Crippen molar-refractivity contribution in [3.05, 3.63) is 47.3 Å². The van der Waals surface area contributed by atoms with Crippen molar-refractivity contribution in [3.8, 4) is 11.4 Å². The van der Waals surface area contributed by atoms with Gasteiger partial charge in [-0.1, -0.05) is 36.8 Å². The summed E-state index contributed by atoms with van der Waals surface area (Å²) in [7, 11) is 0. The number of ketones is 1. The molecule has 0 spiro atoms. The Morgan fingerprint density at radius 2 is 1.91 bits per heavy atom. The van der Waals surface area contributed by atoms with Crippen LogP contribution in [0.15, 0.2) is 30.5 Å². The van der Waals surface area contributed by atoms with Gasteiger partial charge in [-0.25, -0.2) is 9.50 Å². The summed E-state index contributed by atoms with van der Waals surface area (Å²) < 4.78 is 1.61. The molecule has 5 nitrogen and oxygen atoms in total. The van der Waals surface area contributed by atoms with Crippen molar-refractivity contribution in [2.45, 2.75) is 26.7 Å².